The molecule has 1 aromatic carbocycles. The monoisotopic (exact) mass is 379 g/mol. The van der Waals surface area contributed by atoms with Crippen LogP contribution in [0.2, 0.25) is 0 Å². The lowest BCUT2D eigenvalue weighted by Gasteiger charge is -2.18. The molecule has 1 aliphatic rings. The molecule has 8 nitrogen and oxygen atoms in total. The predicted octanol–water partition coefficient (Wildman–Crippen LogP) is 2.95. The van der Waals surface area contributed by atoms with Crippen molar-refractivity contribution in [3.05, 3.63) is 59.4 Å². The van der Waals surface area contributed by atoms with E-state index in [1.807, 2.05) is 49.8 Å². The van der Waals surface area contributed by atoms with Crippen molar-refractivity contribution in [1.29, 1.82) is 0 Å². The van der Waals surface area contributed by atoms with E-state index in [1.54, 1.807) is 4.68 Å². The molecule has 1 aliphatic carbocycles. The number of aryl methyl sites for hydroxylation is 3. The summed E-state index contributed by atoms with van der Waals surface area (Å²) in [6, 6.07) is 9.56. The second-order valence-corrected chi connectivity index (χ2v) is 7.44. The minimum atomic E-state index is -0.230. The Balaban J connectivity index is 1.38. The van der Waals surface area contributed by atoms with Crippen LogP contribution in [0.15, 0.2) is 36.7 Å². The quantitative estimate of drug-likeness (QED) is 0.689. The second-order valence-electron chi connectivity index (χ2n) is 7.44. The van der Waals surface area contributed by atoms with Crippen LogP contribution in [0.25, 0.3) is 0 Å². The molecular weight excluding hydrogens is 354 g/mol. The van der Waals surface area contributed by atoms with Crippen molar-refractivity contribution >= 4 is 11.7 Å². The average Bonchev–Trinajstić information content (AvgIpc) is 3.34. The molecule has 2 N–H and O–H groups in total. The number of benzene rings is 1. The van der Waals surface area contributed by atoms with Crippen LogP contribution in [0.5, 0.6) is 0 Å². The molecule has 0 bridgehead atoms. The molecule has 2 amide bonds. The molecule has 8 heteroatoms. The Bertz CT molecular complexity index is 969. The Hall–Kier alpha value is -3.16. The number of nitrogens with zero attached hydrogens (tertiary/aromatic N) is 5. The number of nitrogens with one attached hydrogen (secondary N) is 2. The third-order valence-corrected chi connectivity index (χ3v) is 5.05. The molecular formula is C20H25N7O. The van der Waals surface area contributed by atoms with Crippen molar-refractivity contribution in [1.82, 2.24) is 29.9 Å². The zero-order valence-corrected chi connectivity index (χ0v) is 16.4. The minimum absolute atomic E-state index is 0.113. The average molecular weight is 379 g/mol. The summed E-state index contributed by atoms with van der Waals surface area (Å²) in [7, 11) is 1.85. The molecule has 146 valence electrons. The van der Waals surface area contributed by atoms with Crippen LogP contribution in [-0.4, -0.2) is 30.6 Å². The van der Waals surface area contributed by atoms with Gasteiger partial charge in [-0.15, -0.1) is 0 Å². The van der Waals surface area contributed by atoms with Gasteiger partial charge in [-0.25, -0.2) is 9.78 Å². The summed E-state index contributed by atoms with van der Waals surface area (Å²) in [5.41, 5.74) is 4.03. The molecule has 2 aromatic heterocycles. The van der Waals surface area contributed by atoms with Crippen molar-refractivity contribution in [2.75, 3.05) is 5.32 Å². The van der Waals surface area contributed by atoms with E-state index in [-0.39, 0.29) is 12.1 Å². The van der Waals surface area contributed by atoms with Gasteiger partial charge in [-0.1, -0.05) is 12.1 Å². The van der Waals surface area contributed by atoms with E-state index < -0.39 is 0 Å². The Labute approximate surface area is 164 Å². The van der Waals surface area contributed by atoms with E-state index in [1.165, 1.54) is 6.33 Å². The van der Waals surface area contributed by atoms with Gasteiger partial charge in [-0.05, 0) is 56.4 Å². The van der Waals surface area contributed by atoms with E-state index in [9.17, 15) is 4.79 Å². The fourth-order valence-electron chi connectivity index (χ4n) is 3.42. The first kappa shape index (κ1) is 18.2. The first-order valence-electron chi connectivity index (χ1n) is 9.51. The summed E-state index contributed by atoms with van der Waals surface area (Å²) in [5, 5.41) is 14.6. The Morgan fingerprint density at radius 3 is 2.57 bits per heavy atom. The maximum atomic E-state index is 12.5. The largest absolute Gasteiger partial charge is 0.328 e. The number of anilines is 1. The standard InChI is InChI=1S/C20H25N7O/c1-13-10-14(2)27(25-13)11-15-4-8-17(9-5-15)23-20(28)24-18(16-6-7-16)19-21-12-22-26(19)3/h4-5,8-10,12,16,18H,6-7,11H2,1-3H3,(H2,23,24,28)/t18-/m1/s1. The second kappa shape index (κ2) is 7.46. The van der Waals surface area contributed by atoms with Crippen molar-refractivity contribution in [2.24, 2.45) is 13.0 Å². The van der Waals surface area contributed by atoms with E-state index in [0.717, 1.165) is 41.3 Å². The van der Waals surface area contributed by atoms with Gasteiger partial charge in [0.05, 0.1) is 18.3 Å². The highest BCUT2D eigenvalue weighted by atomic mass is 16.2. The molecule has 28 heavy (non-hydrogen) atoms. The SMILES string of the molecule is Cc1cc(C)n(Cc2ccc(NC(=O)N[C@@H](c3ncnn3C)C3CC3)cc2)n1. The van der Waals surface area contributed by atoms with Crippen LogP contribution in [0.4, 0.5) is 10.5 Å². The molecule has 3 aromatic rings. The van der Waals surface area contributed by atoms with Crippen LogP contribution < -0.4 is 10.6 Å². The maximum Gasteiger partial charge on any atom is 0.319 e. The smallest absolute Gasteiger partial charge is 0.319 e. The highest BCUT2D eigenvalue weighted by molar-refractivity contribution is 5.89. The summed E-state index contributed by atoms with van der Waals surface area (Å²) in [6.07, 6.45) is 3.71. The first-order valence-corrected chi connectivity index (χ1v) is 9.51. The molecule has 0 aliphatic heterocycles. The first-order chi connectivity index (χ1) is 13.5. The summed E-state index contributed by atoms with van der Waals surface area (Å²) in [4.78, 5) is 16.8. The number of carbonyl (C=O) groups excluding carboxylic acids is 1. The molecule has 1 saturated carbocycles. The fourth-order valence-corrected chi connectivity index (χ4v) is 3.42. The van der Waals surface area contributed by atoms with Crippen LogP contribution >= 0.6 is 0 Å². The van der Waals surface area contributed by atoms with E-state index >= 15 is 0 Å². The number of carbonyl (C=O) groups is 1. The lowest BCUT2D eigenvalue weighted by molar-refractivity contribution is 0.246. The zero-order chi connectivity index (χ0) is 19.7. The van der Waals surface area contributed by atoms with Gasteiger partial charge < -0.3 is 10.6 Å². The third kappa shape index (κ3) is 4.05. The van der Waals surface area contributed by atoms with Crippen molar-refractivity contribution in [3.8, 4) is 0 Å². The Morgan fingerprint density at radius 2 is 2.00 bits per heavy atom. The predicted molar refractivity (Wildman–Crippen MR) is 106 cm³/mol. The third-order valence-electron chi connectivity index (χ3n) is 5.05. The summed E-state index contributed by atoms with van der Waals surface area (Å²) in [6.45, 7) is 4.75. The molecule has 1 fully saturated rings. The lowest BCUT2D eigenvalue weighted by Crippen LogP contribution is -2.35. The summed E-state index contributed by atoms with van der Waals surface area (Å²) < 4.78 is 3.70. The van der Waals surface area contributed by atoms with Crippen LogP contribution in [-0.2, 0) is 13.6 Å². The number of amides is 2. The van der Waals surface area contributed by atoms with Crippen molar-refractivity contribution in [3.63, 3.8) is 0 Å². The maximum absolute atomic E-state index is 12.5. The highest BCUT2D eigenvalue weighted by Gasteiger charge is 2.36. The van der Waals surface area contributed by atoms with Gasteiger partial charge in [0.15, 0.2) is 0 Å². The van der Waals surface area contributed by atoms with Crippen molar-refractivity contribution < 1.29 is 4.79 Å². The number of rotatable bonds is 6. The molecule has 0 spiro atoms. The normalized spacial score (nSPS) is 14.7. The van der Waals surface area contributed by atoms with Crippen LogP contribution in [0.3, 0.4) is 0 Å². The molecule has 4 rings (SSSR count). The highest BCUT2D eigenvalue weighted by Crippen LogP contribution is 2.40. The number of urea groups is 1. The number of hydrogen-bond donors (Lipinski definition) is 2. The topological polar surface area (TPSA) is 89.7 Å². The van der Waals surface area contributed by atoms with Gasteiger partial charge in [-0.2, -0.15) is 10.2 Å². The molecule has 0 saturated heterocycles. The Kier molecular flexibility index (Phi) is 4.85. The molecule has 1 atom stereocenters. The van der Waals surface area contributed by atoms with Crippen molar-refractivity contribution in [2.45, 2.75) is 39.3 Å². The van der Waals surface area contributed by atoms with Gasteiger partial charge in [0, 0.05) is 18.4 Å². The minimum Gasteiger partial charge on any atom is -0.328 e. The van der Waals surface area contributed by atoms with Gasteiger partial charge in [0.2, 0.25) is 0 Å². The lowest BCUT2D eigenvalue weighted by atomic mass is 10.1. The van der Waals surface area contributed by atoms with E-state index in [2.05, 4.69) is 31.9 Å². The van der Waals surface area contributed by atoms with Crippen LogP contribution in [0, 0.1) is 19.8 Å². The van der Waals surface area contributed by atoms with Gasteiger partial charge >= 0.3 is 6.03 Å². The zero-order valence-electron chi connectivity index (χ0n) is 16.4. The fraction of sp³-hybridized carbons (Fsp3) is 0.400. The van der Waals surface area contributed by atoms with E-state index in [4.69, 9.17) is 0 Å². The Morgan fingerprint density at radius 1 is 1.25 bits per heavy atom. The van der Waals surface area contributed by atoms with E-state index in [0.29, 0.717) is 12.5 Å². The number of hydrogen-bond acceptors (Lipinski definition) is 4. The van der Waals surface area contributed by atoms with Gasteiger partial charge in [-0.3, -0.25) is 9.36 Å². The summed E-state index contributed by atoms with van der Waals surface area (Å²) >= 11 is 0. The van der Waals surface area contributed by atoms with Gasteiger partial charge in [0.25, 0.3) is 0 Å². The molecule has 0 radical (unpaired) electrons. The molecule has 2 heterocycles. The summed E-state index contributed by atoms with van der Waals surface area (Å²) in [5.74, 6) is 1.22. The molecule has 0 unspecified atom stereocenters. The number of aromatic nitrogens is 5. The van der Waals surface area contributed by atoms with Gasteiger partial charge in [0.1, 0.15) is 12.2 Å². The van der Waals surface area contributed by atoms with Crippen LogP contribution in [0.1, 0.15) is 41.7 Å².